The van der Waals surface area contributed by atoms with Crippen LogP contribution >= 0.6 is 0 Å². The molecule has 0 bridgehead atoms. The standard InChI is InChI=1S/C22H29F3N6O/c1-15-13-16(2)28-21(27-15)26-8-4-5-20(32)29-18-14-17(22(23,24)25)6-7-19(18)31-11-9-30(3)10-12-31/h6-7,13-14H,4-5,8-12H2,1-3H3,(H,29,32)(H,26,27,28). The highest BCUT2D eigenvalue weighted by Crippen LogP contribution is 2.36. The number of piperazine rings is 1. The Kier molecular flexibility index (Phi) is 7.55. The summed E-state index contributed by atoms with van der Waals surface area (Å²) in [7, 11) is 2.00. The van der Waals surface area contributed by atoms with Gasteiger partial charge in [0.15, 0.2) is 0 Å². The molecule has 1 aliphatic rings. The number of hydrogen-bond acceptors (Lipinski definition) is 6. The fourth-order valence-electron chi connectivity index (χ4n) is 3.60. The number of amides is 1. The van der Waals surface area contributed by atoms with Crippen molar-refractivity contribution >= 4 is 23.2 Å². The number of aromatic nitrogens is 2. The molecule has 2 aromatic rings. The number of carbonyl (C=O) groups is 1. The van der Waals surface area contributed by atoms with Crippen LogP contribution in [0.15, 0.2) is 24.3 Å². The van der Waals surface area contributed by atoms with E-state index in [0.717, 1.165) is 36.6 Å². The third-order valence-electron chi connectivity index (χ3n) is 5.29. The van der Waals surface area contributed by atoms with Crippen molar-refractivity contribution in [2.75, 3.05) is 55.3 Å². The van der Waals surface area contributed by atoms with E-state index < -0.39 is 11.7 Å². The van der Waals surface area contributed by atoms with E-state index in [1.807, 2.05) is 31.9 Å². The molecule has 0 spiro atoms. The first-order valence-electron chi connectivity index (χ1n) is 10.6. The lowest BCUT2D eigenvalue weighted by Crippen LogP contribution is -2.44. The summed E-state index contributed by atoms with van der Waals surface area (Å²) in [5.41, 5.74) is 1.72. The van der Waals surface area contributed by atoms with Crippen molar-refractivity contribution in [3.63, 3.8) is 0 Å². The van der Waals surface area contributed by atoms with Crippen LogP contribution in [0.25, 0.3) is 0 Å². The van der Waals surface area contributed by atoms with E-state index in [2.05, 4.69) is 25.5 Å². The molecule has 2 heterocycles. The van der Waals surface area contributed by atoms with E-state index >= 15 is 0 Å². The number of carbonyl (C=O) groups excluding carboxylic acids is 1. The number of nitrogens with zero attached hydrogens (tertiary/aromatic N) is 4. The van der Waals surface area contributed by atoms with Gasteiger partial charge in [0.1, 0.15) is 0 Å². The predicted octanol–water partition coefficient (Wildman–Crippen LogP) is 3.69. The molecule has 1 fully saturated rings. The van der Waals surface area contributed by atoms with Crippen LogP contribution in [-0.2, 0) is 11.0 Å². The van der Waals surface area contributed by atoms with Gasteiger partial charge < -0.3 is 20.4 Å². The van der Waals surface area contributed by atoms with Gasteiger partial charge in [-0.25, -0.2) is 9.97 Å². The first kappa shape index (κ1) is 23.8. The van der Waals surface area contributed by atoms with Crippen molar-refractivity contribution in [2.45, 2.75) is 32.9 Å². The number of nitrogens with one attached hydrogen (secondary N) is 2. The Morgan fingerprint density at radius 3 is 2.34 bits per heavy atom. The number of benzene rings is 1. The average molecular weight is 451 g/mol. The topological polar surface area (TPSA) is 73.4 Å². The number of aryl methyl sites for hydroxylation is 2. The summed E-state index contributed by atoms with van der Waals surface area (Å²) in [5.74, 6) is 0.168. The molecule has 32 heavy (non-hydrogen) atoms. The Bertz CT molecular complexity index is 921. The molecule has 0 unspecified atom stereocenters. The van der Waals surface area contributed by atoms with Crippen molar-refractivity contribution in [1.29, 1.82) is 0 Å². The molecule has 174 valence electrons. The van der Waals surface area contributed by atoms with Crippen molar-refractivity contribution in [2.24, 2.45) is 0 Å². The minimum atomic E-state index is -4.48. The van der Waals surface area contributed by atoms with E-state index in [1.165, 1.54) is 6.07 Å². The van der Waals surface area contributed by atoms with Gasteiger partial charge in [-0.3, -0.25) is 4.79 Å². The number of halogens is 3. The molecule has 0 aliphatic carbocycles. The molecule has 1 aromatic carbocycles. The van der Waals surface area contributed by atoms with Crippen molar-refractivity contribution in [3.05, 3.63) is 41.2 Å². The molecule has 2 N–H and O–H groups in total. The number of hydrogen-bond donors (Lipinski definition) is 2. The molecular weight excluding hydrogens is 421 g/mol. The van der Waals surface area contributed by atoms with Crippen molar-refractivity contribution in [3.8, 4) is 0 Å². The SMILES string of the molecule is Cc1cc(C)nc(NCCCC(=O)Nc2cc(C(F)(F)F)ccc2N2CCN(C)CC2)n1. The maximum Gasteiger partial charge on any atom is 0.416 e. The minimum Gasteiger partial charge on any atom is -0.367 e. The third-order valence-corrected chi connectivity index (χ3v) is 5.29. The van der Waals surface area contributed by atoms with Crippen LogP contribution in [0.5, 0.6) is 0 Å². The quantitative estimate of drug-likeness (QED) is 0.627. The van der Waals surface area contributed by atoms with E-state index in [0.29, 0.717) is 37.7 Å². The van der Waals surface area contributed by atoms with Crippen LogP contribution in [0.2, 0.25) is 0 Å². The summed E-state index contributed by atoms with van der Waals surface area (Å²) in [6, 6.07) is 5.40. The van der Waals surface area contributed by atoms with Crippen LogP contribution in [0, 0.1) is 13.8 Å². The van der Waals surface area contributed by atoms with Crippen LogP contribution in [0.4, 0.5) is 30.5 Å². The molecular formula is C22H29F3N6O. The highest BCUT2D eigenvalue weighted by molar-refractivity contribution is 5.94. The van der Waals surface area contributed by atoms with E-state index in [9.17, 15) is 18.0 Å². The third kappa shape index (κ3) is 6.56. The summed E-state index contributed by atoms with van der Waals surface area (Å²) in [4.78, 5) is 25.2. The van der Waals surface area contributed by atoms with Gasteiger partial charge in [-0.15, -0.1) is 0 Å². The second kappa shape index (κ2) is 10.2. The summed E-state index contributed by atoms with van der Waals surface area (Å²) in [6.07, 6.45) is -3.82. The zero-order chi connectivity index (χ0) is 23.3. The predicted molar refractivity (Wildman–Crippen MR) is 119 cm³/mol. The monoisotopic (exact) mass is 450 g/mol. The Balaban J connectivity index is 1.62. The second-order valence-corrected chi connectivity index (χ2v) is 8.07. The first-order valence-corrected chi connectivity index (χ1v) is 10.6. The fourth-order valence-corrected chi connectivity index (χ4v) is 3.60. The lowest BCUT2D eigenvalue weighted by molar-refractivity contribution is -0.137. The lowest BCUT2D eigenvalue weighted by atomic mass is 10.1. The molecule has 10 heteroatoms. The Labute approximate surface area is 186 Å². The smallest absolute Gasteiger partial charge is 0.367 e. The van der Waals surface area contributed by atoms with Crippen LogP contribution in [-0.4, -0.2) is 60.5 Å². The number of anilines is 3. The average Bonchev–Trinajstić information content (AvgIpc) is 2.70. The Morgan fingerprint density at radius 2 is 1.72 bits per heavy atom. The molecule has 1 amide bonds. The Hall–Kier alpha value is -2.88. The van der Waals surface area contributed by atoms with Gasteiger partial charge in [0, 0.05) is 50.5 Å². The second-order valence-electron chi connectivity index (χ2n) is 8.07. The first-order chi connectivity index (χ1) is 15.1. The number of rotatable bonds is 7. The molecule has 0 radical (unpaired) electrons. The lowest BCUT2D eigenvalue weighted by Gasteiger charge is -2.35. The number of alkyl halides is 3. The van der Waals surface area contributed by atoms with Gasteiger partial charge in [0.2, 0.25) is 11.9 Å². The maximum absolute atomic E-state index is 13.2. The summed E-state index contributed by atoms with van der Waals surface area (Å²) < 4.78 is 39.7. The summed E-state index contributed by atoms with van der Waals surface area (Å²) in [6.45, 7) is 7.21. The zero-order valence-electron chi connectivity index (χ0n) is 18.6. The number of likely N-dealkylation sites (N-methyl/N-ethyl adjacent to an activating group) is 1. The van der Waals surface area contributed by atoms with Crippen LogP contribution in [0.1, 0.15) is 29.8 Å². The summed E-state index contributed by atoms with van der Waals surface area (Å²) in [5, 5.41) is 5.77. The van der Waals surface area contributed by atoms with Gasteiger partial charge in [-0.05, 0) is 51.6 Å². The molecule has 1 aliphatic heterocycles. The van der Waals surface area contributed by atoms with Crippen LogP contribution < -0.4 is 15.5 Å². The fraction of sp³-hybridized carbons (Fsp3) is 0.500. The molecule has 3 rings (SSSR count). The molecule has 0 atom stereocenters. The molecule has 7 nitrogen and oxygen atoms in total. The minimum absolute atomic E-state index is 0.163. The van der Waals surface area contributed by atoms with Gasteiger partial charge >= 0.3 is 6.18 Å². The molecule has 1 saturated heterocycles. The van der Waals surface area contributed by atoms with Crippen LogP contribution in [0.3, 0.4) is 0 Å². The van der Waals surface area contributed by atoms with Crippen molar-refractivity contribution < 1.29 is 18.0 Å². The van der Waals surface area contributed by atoms with E-state index in [4.69, 9.17) is 0 Å². The van der Waals surface area contributed by atoms with Gasteiger partial charge in [0.05, 0.1) is 16.9 Å². The summed E-state index contributed by atoms with van der Waals surface area (Å²) >= 11 is 0. The highest BCUT2D eigenvalue weighted by Gasteiger charge is 2.32. The Morgan fingerprint density at radius 1 is 1.06 bits per heavy atom. The van der Waals surface area contributed by atoms with Crippen molar-refractivity contribution in [1.82, 2.24) is 14.9 Å². The maximum atomic E-state index is 13.2. The highest BCUT2D eigenvalue weighted by atomic mass is 19.4. The van der Waals surface area contributed by atoms with E-state index in [1.54, 1.807) is 0 Å². The largest absolute Gasteiger partial charge is 0.416 e. The van der Waals surface area contributed by atoms with Gasteiger partial charge in [-0.1, -0.05) is 0 Å². The van der Waals surface area contributed by atoms with Gasteiger partial charge in [0.25, 0.3) is 0 Å². The zero-order valence-corrected chi connectivity index (χ0v) is 18.6. The van der Waals surface area contributed by atoms with E-state index in [-0.39, 0.29) is 18.0 Å². The molecule has 0 saturated carbocycles. The molecule has 1 aromatic heterocycles. The normalized spacial score (nSPS) is 15.0. The van der Waals surface area contributed by atoms with Gasteiger partial charge in [-0.2, -0.15) is 13.2 Å².